The largest absolute Gasteiger partial charge is 0.280 e. The molecule has 1 heterocycles. The fraction of sp³-hybridized carbons (Fsp3) is 0. The summed E-state index contributed by atoms with van der Waals surface area (Å²) in [6.45, 7) is 0. The molecule has 1 aromatic rings. The van der Waals surface area contributed by atoms with Crippen molar-refractivity contribution in [3.8, 4) is 0 Å². The Kier molecular flexibility index (Phi) is 1.62. The van der Waals surface area contributed by atoms with Gasteiger partial charge in [0.15, 0.2) is 0 Å². The number of rotatable bonds is 0. The summed E-state index contributed by atoms with van der Waals surface area (Å²) in [6.07, 6.45) is 3.11. The minimum absolute atomic E-state index is 0.196. The molecule has 0 amide bonds. The van der Waals surface area contributed by atoms with E-state index >= 15 is 0 Å². The van der Waals surface area contributed by atoms with E-state index in [9.17, 15) is 4.79 Å². The van der Waals surface area contributed by atoms with E-state index in [0.29, 0.717) is 0 Å². The molecule has 0 radical (unpaired) electrons. The van der Waals surface area contributed by atoms with Crippen LogP contribution >= 0.6 is 22.9 Å². The second kappa shape index (κ2) is 2.25. The van der Waals surface area contributed by atoms with Crippen molar-refractivity contribution in [3.63, 3.8) is 0 Å². The first kappa shape index (κ1) is 5.74. The molecule has 1 rings (SSSR count). The molecule has 0 spiro atoms. The van der Waals surface area contributed by atoms with Gasteiger partial charge in [0.25, 0.3) is 5.56 Å². The minimum Gasteiger partial charge on any atom is -0.280 e. The van der Waals surface area contributed by atoms with Crippen molar-refractivity contribution in [2.45, 2.75) is 0 Å². The van der Waals surface area contributed by atoms with Crippen molar-refractivity contribution >= 4 is 22.9 Å². The number of hydrogen-bond acceptors (Lipinski definition) is 2. The highest BCUT2D eigenvalue weighted by molar-refractivity contribution is 14.1. The Morgan fingerprint density at radius 3 is 2.88 bits per heavy atom. The Morgan fingerprint density at radius 2 is 2.50 bits per heavy atom. The first-order valence-corrected chi connectivity index (χ1v) is 2.96. The lowest BCUT2D eigenvalue weighted by Crippen LogP contribution is -2.03. The second-order valence-electron chi connectivity index (χ2n) is 1.24. The van der Waals surface area contributed by atoms with Crippen LogP contribution in [-0.4, -0.2) is 7.76 Å². The molecule has 3 nitrogen and oxygen atoms in total. The van der Waals surface area contributed by atoms with Crippen LogP contribution in [0.3, 0.4) is 0 Å². The van der Waals surface area contributed by atoms with Gasteiger partial charge in [0.1, 0.15) is 6.33 Å². The molecule has 0 aliphatic rings. The predicted octanol–water partition coefficient (Wildman–Crippen LogP) is 0.441. The Hall–Kier alpha value is -0.390. The van der Waals surface area contributed by atoms with Crippen LogP contribution in [0.15, 0.2) is 23.4 Å². The summed E-state index contributed by atoms with van der Waals surface area (Å²) in [5, 5.41) is 0. The third-order valence-electron chi connectivity index (χ3n) is 0.655. The molecule has 0 aromatic carbocycles. The summed E-state index contributed by atoms with van der Waals surface area (Å²) in [7, 11) is 0. The zero-order valence-corrected chi connectivity index (χ0v) is 6.07. The number of aromatic nitrogens is 2. The maximum atomic E-state index is 10.3. The quantitative estimate of drug-likeness (QED) is 0.597. The third kappa shape index (κ3) is 1.29. The highest BCUT2D eigenvalue weighted by atomic mass is 127. The minimum atomic E-state index is -0.196. The summed E-state index contributed by atoms with van der Waals surface area (Å²) in [6, 6.07) is 1.41. The van der Waals surface area contributed by atoms with Crippen LogP contribution in [0.25, 0.3) is 0 Å². The summed E-state index contributed by atoms with van der Waals surface area (Å²) < 4.78 is 1.68. The average Bonchev–Trinajstić information content (AvgIpc) is 1.77. The molecule has 0 saturated carbocycles. The highest BCUT2D eigenvalue weighted by Crippen LogP contribution is 1.85. The van der Waals surface area contributed by atoms with E-state index < -0.39 is 0 Å². The van der Waals surface area contributed by atoms with Gasteiger partial charge in [-0.25, -0.2) is 0 Å². The predicted molar refractivity (Wildman–Crippen MR) is 37.9 cm³/mol. The third-order valence-corrected chi connectivity index (χ3v) is 1.23. The summed E-state index contributed by atoms with van der Waals surface area (Å²) >= 11 is 2.01. The molecule has 0 bridgehead atoms. The topological polar surface area (TPSA) is 34.9 Å². The smallest absolute Gasteiger partial charge is 0.272 e. The maximum absolute atomic E-state index is 10.3. The van der Waals surface area contributed by atoms with E-state index in [0.717, 1.165) is 0 Å². The van der Waals surface area contributed by atoms with Gasteiger partial charge in [-0.1, -0.05) is 0 Å². The molecular formula is C4H3IN2O. The summed E-state index contributed by atoms with van der Waals surface area (Å²) in [5.74, 6) is 0. The number of nitrogens with zero attached hydrogens (tertiary/aromatic N) is 2. The van der Waals surface area contributed by atoms with Crippen LogP contribution in [0.2, 0.25) is 0 Å². The Bertz CT molecular complexity index is 211. The van der Waals surface area contributed by atoms with Crippen molar-refractivity contribution in [1.29, 1.82) is 0 Å². The summed E-state index contributed by atoms with van der Waals surface area (Å²) in [5.41, 5.74) is -0.196. The first-order chi connectivity index (χ1) is 3.79. The van der Waals surface area contributed by atoms with E-state index in [1.54, 1.807) is 8.98 Å². The number of hydrogen-bond donors (Lipinski definition) is 0. The SMILES string of the molecule is O=c1ccn(I)cn1. The van der Waals surface area contributed by atoms with Gasteiger partial charge in [0, 0.05) is 12.3 Å². The van der Waals surface area contributed by atoms with Crippen LogP contribution in [0.4, 0.5) is 0 Å². The molecule has 0 aliphatic carbocycles. The molecule has 1 aromatic heterocycles. The van der Waals surface area contributed by atoms with Gasteiger partial charge >= 0.3 is 0 Å². The van der Waals surface area contributed by atoms with E-state index in [4.69, 9.17) is 0 Å². The van der Waals surface area contributed by atoms with Crippen LogP contribution in [0, 0.1) is 0 Å². The monoisotopic (exact) mass is 222 g/mol. The average molecular weight is 222 g/mol. The lowest BCUT2D eigenvalue weighted by molar-refractivity contribution is 1.10. The van der Waals surface area contributed by atoms with Gasteiger partial charge in [-0.15, -0.1) is 0 Å². The lowest BCUT2D eigenvalue weighted by atomic mass is 10.7. The molecule has 0 N–H and O–H groups in total. The lowest BCUT2D eigenvalue weighted by Gasteiger charge is -1.85. The molecule has 4 heteroatoms. The van der Waals surface area contributed by atoms with Crippen LogP contribution in [0.5, 0.6) is 0 Å². The normalized spacial score (nSPS) is 9.12. The molecule has 0 fully saturated rings. The molecule has 8 heavy (non-hydrogen) atoms. The van der Waals surface area contributed by atoms with E-state index in [1.807, 2.05) is 22.9 Å². The Balaban J connectivity index is 3.22. The fourth-order valence-corrected chi connectivity index (χ4v) is 0.614. The zero-order valence-electron chi connectivity index (χ0n) is 3.91. The highest BCUT2D eigenvalue weighted by Gasteiger charge is 1.79. The molecule has 0 atom stereocenters. The zero-order chi connectivity index (χ0) is 5.98. The maximum Gasteiger partial charge on any atom is 0.272 e. The van der Waals surface area contributed by atoms with Crippen molar-refractivity contribution in [2.24, 2.45) is 0 Å². The van der Waals surface area contributed by atoms with Gasteiger partial charge in [-0.3, -0.25) is 7.58 Å². The van der Waals surface area contributed by atoms with E-state index in [2.05, 4.69) is 4.98 Å². The van der Waals surface area contributed by atoms with Crippen LogP contribution in [-0.2, 0) is 0 Å². The Labute approximate surface area is 59.9 Å². The fourth-order valence-electron chi connectivity index (χ4n) is 0.329. The molecule has 42 valence electrons. The number of halogens is 1. The van der Waals surface area contributed by atoms with Gasteiger partial charge in [-0.05, 0) is 0 Å². The molecule has 0 aliphatic heterocycles. The van der Waals surface area contributed by atoms with Gasteiger partial charge in [0.05, 0.1) is 22.9 Å². The van der Waals surface area contributed by atoms with E-state index in [-0.39, 0.29) is 5.56 Å². The van der Waals surface area contributed by atoms with Gasteiger partial charge in [0.2, 0.25) is 0 Å². The van der Waals surface area contributed by atoms with Crippen LogP contribution in [0.1, 0.15) is 0 Å². The van der Waals surface area contributed by atoms with Crippen LogP contribution < -0.4 is 5.56 Å². The standard InChI is InChI=1S/C4H3IN2O/c5-7-2-1-4(8)6-3-7/h1-3H. The van der Waals surface area contributed by atoms with Crippen molar-refractivity contribution in [2.75, 3.05) is 0 Å². The second-order valence-corrected chi connectivity index (χ2v) is 2.36. The van der Waals surface area contributed by atoms with Gasteiger partial charge < -0.3 is 0 Å². The molecule has 0 saturated heterocycles. The molecular weight excluding hydrogens is 219 g/mol. The van der Waals surface area contributed by atoms with Gasteiger partial charge in [-0.2, -0.15) is 4.98 Å². The van der Waals surface area contributed by atoms with Crippen molar-refractivity contribution in [3.05, 3.63) is 28.9 Å². The Morgan fingerprint density at radius 1 is 1.75 bits per heavy atom. The summed E-state index contributed by atoms with van der Waals surface area (Å²) in [4.78, 5) is 13.8. The van der Waals surface area contributed by atoms with Crippen molar-refractivity contribution < 1.29 is 0 Å². The molecule has 0 unspecified atom stereocenters. The first-order valence-electron chi connectivity index (χ1n) is 1.99. The van der Waals surface area contributed by atoms with E-state index in [1.165, 1.54) is 12.4 Å². The van der Waals surface area contributed by atoms with Crippen molar-refractivity contribution in [1.82, 2.24) is 7.76 Å².